The Balaban J connectivity index is 2.89. The van der Waals surface area contributed by atoms with Gasteiger partial charge in [-0.25, -0.2) is 9.59 Å². The molecule has 0 aliphatic carbocycles. The summed E-state index contributed by atoms with van der Waals surface area (Å²) in [7, 11) is 0. The topological polar surface area (TPSA) is 104 Å². The Morgan fingerprint density at radius 1 is 1.50 bits per heavy atom. The quantitative estimate of drug-likeness (QED) is 0.471. The standard InChI is InChI=1S/C6H10N2O4/c7-5(11)8-3-1-2-6(8,12)4(9)10/h12H,1-3H2,(H2,7,11)(H,9,10). The summed E-state index contributed by atoms with van der Waals surface area (Å²) in [6.07, 6.45) is 0.483. The van der Waals surface area contributed by atoms with Gasteiger partial charge < -0.3 is 15.9 Å². The van der Waals surface area contributed by atoms with E-state index in [-0.39, 0.29) is 13.0 Å². The Kier molecular flexibility index (Phi) is 1.93. The summed E-state index contributed by atoms with van der Waals surface area (Å²) in [4.78, 5) is 21.9. The summed E-state index contributed by atoms with van der Waals surface area (Å²) in [5.41, 5.74) is 2.78. The van der Waals surface area contributed by atoms with Crippen molar-refractivity contribution in [2.75, 3.05) is 6.54 Å². The van der Waals surface area contributed by atoms with E-state index in [0.717, 1.165) is 4.90 Å². The lowest BCUT2D eigenvalue weighted by Gasteiger charge is -2.27. The molecule has 0 aromatic carbocycles. The molecule has 1 fully saturated rings. The van der Waals surface area contributed by atoms with Crippen LogP contribution in [0.4, 0.5) is 4.79 Å². The predicted octanol–water partition coefficient (Wildman–Crippen LogP) is -1.07. The van der Waals surface area contributed by atoms with Gasteiger partial charge >= 0.3 is 12.0 Å². The molecule has 68 valence electrons. The minimum Gasteiger partial charge on any atom is -0.478 e. The number of carbonyl (C=O) groups is 2. The summed E-state index contributed by atoms with van der Waals surface area (Å²) in [5.74, 6) is -1.43. The number of carbonyl (C=O) groups excluding carboxylic acids is 1. The second-order valence-corrected chi connectivity index (χ2v) is 2.72. The summed E-state index contributed by atoms with van der Waals surface area (Å²) >= 11 is 0. The maximum Gasteiger partial charge on any atom is 0.357 e. The van der Waals surface area contributed by atoms with Gasteiger partial charge in [-0.05, 0) is 6.42 Å². The molecule has 0 saturated carbocycles. The van der Waals surface area contributed by atoms with Gasteiger partial charge in [0.2, 0.25) is 5.72 Å². The molecule has 0 bridgehead atoms. The molecule has 1 heterocycles. The maximum atomic E-state index is 10.6. The molecule has 0 spiro atoms. The van der Waals surface area contributed by atoms with Crippen LogP contribution in [0.5, 0.6) is 0 Å². The second kappa shape index (κ2) is 2.63. The first-order chi connectivity index (χ1) is 5.48. The Bertz CT molecular complexity index is 230. The Labute approximate surface area is 68.6 Å². The lowest BCUT2D eigenvalue weighted by atomic mass is 10.1. The first-order valence-electron chi connectivity index (χ1n) is 3.51. The maximum absolute atomic E-state index is 10.6. The smallest absolute Gasteiger partial charge is 0.357 e. The number of primary amides is 1. The largest absolute Gasteiger partial charge is 0.478 e. The monoisotopic (exact) mass is 174 g/mol. The zero-order valence-electron chi connectivity index (χ0n) is 6.36. The molecule has 12 heavy (non-hydrogen) atoms. The van der Waals surface area contributed by atoms with Crippen molar-refractivity contribution in [1.29, 1.82) is 0 Å². The highest BCUT2D eigenvalue weighted by Crippen LogP contribution is 2.26. The number of aliphatic carboxylic acids is 1. The summed E-state index contributed by atoms with van der Waals surface area (Å²) in [5, 5.41) is 18.0. The van der Waals surface area contributed by atoms with Crippen LogP contribution in [0.1, 0.15) is 12.8 Å². The molecule has 1 rings (SSSR count). The van der Waals surface area contributed by atoms with E-state index in [1.807, 2.05) is 0 Å². The van der Waals surface area contributed by atoms with E-state index in [1.165, 1.54) is 0 Å². The van der Waals surface area contributed by atoms with Crippen LogP contribution < -0.4 is 5.73 Å². The summed E-state index contributed by atoms with van der Waals surface area (Å²) in [6.45, 7) is 0.193. The molecule has 1 unspecified atom stereocenters. The average Bonchev–Trinajstić information content (AvgIpc) is 2.32. The molecule has 1 aliphatic heterocycles. The molecule has 2 amide bonds. The number of amides is 2. The Hall–Kier alpha value is -1.30. The van der Waals surface area contributed by atoms with Crippen LogP contribution >= 0.6 is 0 Å². The number of nitrogens with zero attached hydrogens (tertiary/aromatic N) is 1. The molecular formula is C6H10N2O4. The molecule has 4 N–H and O–H groups in total. The van der Waals surface area contributed by atoms with Gasteiger partial charge in [-0.3, -0.25) is 4.90 Å². The van der Waals surface area contributed by atoms with Gasteiger partial charge in [0.15, 0.2) is 0 Å². The number of aliphatic hydroxyl groups is 1. The van der Waals surface area contributed by atoms with E-state index in [0.29, 0.717) is 6.42 Å². The first-order valence-corrected chi connectivity index (χ1v) is 3.51. The van der Waals surface area contributed by atoms with Gasteiger partial charge in [0.05, 0.1) is 0 Å². The van der Waals surface area contributed by atoms with Crippen molar-refractivity contribution in [1.82, 2.24) is 4.90 Å². The third-order valence-corrected chi connectivity index (χ3v) is 1.96. The number of nitrogens with two attached hydrogens (primary N) is 1. The molecule has 0 aromatic heterocycles. The fourth-order valence-electron chi connectivity index (χ4n) is 1.32. The highest BCUT2D eigenvalue weighted by atomic mass is 16.4. The minimum atomic E-state index is -2.09. The van der Waals surface area contributed by atoms with Crippen LogP contribution in [-0.2, 0) is 4.79 Å². The number of hydrogen-bond acceptors (Lipinski definition) is 3. The van der Waals surface area contributed by atoms with E-state index in [1.54, 1.807) is 0 Å². The van der Waals surface area contributed by atoms with E-state index in [4.69, 9.17) is 10.8 Å². The Morgan fingerprint density at radius 3 is 2.42 bits per heavy atom. The molecule has 6 heteroatoms. The highest BCUT2D eigenvalue weighted by molar-refractivity contribution is 5.84. The van der Waals surface area contributed by atoms with Crippen molar-refractivity contribution < 1.29 is 19.8 Å². The Morgan fingerprint density at radius 2 is 2.08 bits per heavy atom. The fourth-order valence-corrected chi connectivity index (χ4v) is 1.32. The average molecular weight is 174 g/mol. The van der Waals surface area contributed by atoms with Crippen molar-refractivity contribution in [3.05, 3.63) is 0 Å². The van der Waals surface area contributed by atoms with Crippen molar-refractivity contribution in [2.45, 2.75) is 18.6 Å². The first kappa shape index (κ1) is 8.79. The fraction of sp³-hybridized carbons (Fsp3) is 0.667. The van der Waals surface area contributed by atoms with Crippen molar-refractivity contribution >= 4 is 12.0 Å². The van der Waals surface area contributed by atoms with Crippen molar-refractivity contribution in [3.8, 4) is 0 Å². The van der Waals surface area contributed by atoms with Gasteiger partial charge in [-0.2, -0.15) is 0 Å². The summed E-state index contributed by atoms with van der Waals surface area (Å²) in [6, 6.07) is -0.905. The van der Waals surface area contributed by atoms with Crippen LogP contribution in [0.2, 0.25) is 0 Å². The van der Waals surface area contributed by atoms with Crippen LogP contribution in [-0.4, -0.2) is 39.4 Å². The minimum absolute atomic E-state index is 0.0330. The van der Waals surface area contributed by atoms with Gasteiger partial charge in [-0.1, -0.05) is 0 Å². The van der Waals surface area contributed by atoms with Gasteiger partial charge in [-0.15, -0.1) is 0 Å². The molecule has 1 aliphatic rings. The molecule has 1 atom stereocenters. The number of rotatable bonds is 1. The SMILES string of the molecule is NC(=O)N1CCCC1(O)C(=O)O. The van der Waals surface area contributed by atoms with Gasteiger partial charge in [0.1, 0.15) is 0 Å². The highest BCUT2D eigenvalue weighted by Gasteiger charge is 2.48. The van der Waals surface area contributed by atoms with E-state index in [2.05, 4.69) is 0 Å². The summed E-state index contributed by atoms with van der Waals surface area (Å²) < 4.78 is 0. The third kappa shape index (κ3) is 1.10. The van der Waals surface area contributed by atoms with Gasteiger partial charge in [0, 0.05) is 13.0 Å². The zero-order valence-corrected chi connectivity index (χ0v) is 6.36. The van der Waals surface area contributed by atoms with Crippen LogP contribution in [0.3, 0.4) is 0 Å². The zero-order chi connectivity index (χ0) is 9.35. The van der Waals surface area contributed by atoms with E-state index < -0.39 is 17.7 Å². The van der Waals surface area contributed by atoms with E-state index >= 15 is 0 Å². The third-order valence-electron chi connectivity index (χ3n) is 1.96. The predicted molar refractivity (Wildman–Crippen MR) is 38.1 cm³/mol. The molecule has 0 aromatic rings. The van der Waals surface area contributed by atoms with Crippen LogP contribution in [0.15, 0.2) is 0 Å². The lowest BCUT2D eigenvalue weighted by molar-refractivity contribution is -0.171. The number of likely N-dealkylation sites (tertiary alicyclic amines) is 1. The number of carboxylic acids is 1. The van der Waals surface area contributed by atoms with Gasteiger partial charge in [0.25, 0.3) is 0 Å². The molecular weight excluding hydrogens is 164 g/mol. The van der Waals surface area contributed by atoms with Crippen molar-refractivity contribution in [2.24, 2.45) is 5.73 Å². The molecule has 6 nitrogen and oxygen atoms in total. The number of urea groups is 1. The van der Waals surface area contributed by atoms with Crippen LogP contribution in [0, 0.1) is 0 Å². The van der Waals surface area contributed by atoms with Crippen molar-refractivity contribution in [3.63, 3.8) is 0 Å². The normalized spacial score (nSPS) is 28.9. The number of carboxylic acid groups (broad SMARTS) is 1. The number of hydrogen-bond donors (Lipinski definition) is 3. The van der Waals surface area contributed by atoms with E-state index in [9.17, 15) is 14.7 Å². The van der Waals surface area contributed by atoms with Crippen LogP contribution in [0.25, 0.3) is 0 Å². The molecule has 0 radical (unpaired) electrons. The lowest BCUT2D eigenvalue weighted by Crippen LogP contribution is -2.54. The second-order valence-electron chi connectivity index (χ2n) is 2.72. The molecule has 1 saturated heterocycles.